The Bertz CT molecular complexity index is 701. The van der Waals surface area contributed by atoms with E-state index in [9.17, 15) is 0 Å². The Hall–Kier alpha value is -2.00. The number of fused-ring (bicyclic) bond motifs is 1. The van der Waals surface area contributed by atoms with Crippen molar-refractivity contribution in [3.8, 4) is 5.75 Å². The minimum absolute atomic E-state index is 0.863. The van der Waals surface area contributed by atoms with E-state index in [4.69, 9.17) is 9.73 Å². The Morgan fingerprint density at radius 1 is 1.05 bits per heavy atom. The van der Waals surface area contributed by atoms with Gasteiger partial charge in [-0.2, -0.15) is 0 Å². The third kappa shape index (κ3) is 2.88. The molecule has 3 heteroatoms. The first-order chi connectivity index (χ1) is 10.3. The van der Waals surface area contributed by atoms with Gasteiger partial charge in [-0.1, -0.05) is 36.9 Å². The van der Waals surface area contributed by atoms with Crippen molar-refractivity contribution in [2.24, 2.45) is 4.99 Å². The molecule has 0 radical (unpaired) electrons. The molecule has 21 heavy (non-hydrogen) atoms. The number of thioether (sulfide) groups is 1. The summed E-state index contributed by atoms with van der Waals surface area (Å²) in [4.78, 5) is 6.12. The third-order valence-corrected chi connectivity index (χ3v) is 4.45. The number of methoxy groups -OCH3 is 1. The van der Waals surface area contributed by atoms with E-state index < -0.39 is 0 Å². The fourth-order valence-electron chi connectivity index (χ4n) is 2.26. The predicted octanol–water partition coefficient (Wildman–Crippen LogP) is 4.89. The van der Waals surface area contributed by atoms with Crippen LogP contribution in [0.1, 0.15) is 24.5 Å². The highest BCUT2D eigenvalue weighted by Crippen LogP contribution is 2.32. The van der Waals surface area contributed by atoms with Crippen molar-refractivity contribution >= 4 is 17.5 Å². The first kappa shape index (κ1) is 14.0. The van der Waals surface area contributed by atoms with Crippen molar-refractivity contribution in [2.75, 3.05) is 7.11 Å². The van der Waals surface area contributed by atoms with Gasteiger partial charge in [0, 0.05) is 21.7 Å². The predicted molar refractivity (Wildman–Crippen MR) is 89.3 cm³/mol. The van der Waals surface area contributed by atoms with Gasteiger partial charge in [-0.15, -0.1) is 0 Å². The smallest absolute Gasteiger partial charge is 0.118 e. The molecule has 0 unspecified atom stereocenters. The largest absolute Gasteiger partial charge is 0.497 e. The molecule has 106 valence electrons. The van der Waals surface area contributed by atoms with Crippen LogP contribution in [0.4, 0.5) is 0 Å². The lowest BCUT2D eigenvalue weighted by atomic mass is 10.0. The molecule has 2 nitrogen and oxygen atoms in total. The minimum atomic E-state index is 0.863. The minimum Gasteiger partial charge on any atom is -0.497 e. The van der Waals surface area contributed by atoms with Gasteiger partial charge in [-0.05, 0) is 42.2 Å². The summed E-state index contributed by atoms with van der Waals surface area (Å²) in [6, 6.07) is 16.5. The maximum atomic E-state index is 5.24. The zero-order chi connectivity index (χ0) is 14.7. The van der Waals surface area contributed by atoms with Crippen molar-refractivity contribution in [3.05, 3.63) is 70.8 Å². The van der Waals surface area contributed by atoms with Crippen LogP contribution in [0.3, 0.4) is 0 Å². The molecular weight excluding hydrogens is 278 g/mol. The lowest BCUT2D eigenvalue weighted by Gasteiger charge is -2.10. The van der Waals surface area contributed by atoms with Gasteiger partial charge < -0.3 is 4.74 Å². The van der Waals surface area contributed by atoms with Crippen molar-refractivity contribution in [2.45, 2.75) is 18.2 Å². The molecule has 2 aromatic rings. The molecule has 3 rings (SSSR count). The Labute approximate surface area is 129 Å². The standard InChI is InChI=1S/C18H17NOS/c1-3-14-12-21-17-7-5-4-6-16(17)18(19-14)13-8-10-15(20-2)11-9-13/h4-12H,3H2,1-2H3. The number of rotatable bonds is 3. The zero-order valence-corrected chi connectivity index (χ0v) is 13.0. The van der Waals surface area contributed by atoms with Crippen LogP contribution in [-0.4, -0.2) is 12.8 Å². The first-order valence-corrected chi connectivity index (χ1v) is 7.88. The lowest BCUT2D eigenvalue weighted by molar-refractivity contribution is 0.415. The van der Waals surface area contributed by atoms with Gasteiger partial charge in [-0.25, -0.2) is 0 Å². The van der Waals surface area contributed by atoms with E-state index in [-0.39, 0.29) is 0 Å². The van der Waals surface area contributed by atoms with Crippen LogP contribution in [-0.2, 0) is 0 Å². The number of aliphatic imine (C=N–C) groups is 1. The van der Waals surface area contributed by atoms with E-state index in [2.05, 4.69) is 48.7 Å². The zero-order valence-electron chi connectivity index (χ0n) is 12.2. The Morgan fingerprint density at radius 2 is 1.81 bits per heavy atom. The highest BCUT2D eigenvalue weighted by molar-refractivity contribution is 8.02. The summed E-state index contributed by atoms with van der Waals surface area (Å²) < 4.78 is 5.24. The van der Waals surface area contributed by atoms with E-state index in [0.29, 0.717) is 0 Å². The van der Waals surface area contributed by atoms with Crippen molar-refractivity contribution in [3.63, 3.8) is 0 Å². The SMILES string of the molecule is CCC1=CSc2ccccc2C(c2ccc(OC)cc2)=N1. The van der Waals surface area contributed by atoms with Crippen molar-refractivity contribution in [1.29, 1.82) is 0 Å². The Morgan fingerprint density at radius 3 is 2.52 bits per heavy atom. The second kappa shape index (κ2) is 6.19. The number of benzene rings is 2. The lowest BCUT2D eigenvalue weighted by Crippen LogP contribution is -2.04. The maximum absolute atomic E-state index is 5.24. The quantitative estimate of drug-likeness (QED) is 0.804. The molecule has 0 spiro atoms. The average molecular weight is 295 g/mol. The maximum Gasteiger partial charge on any atom is 0.118 e. The summed E-state index contributed by atoms with van der Waals surface area (Å²) in [6.45, 7) is 2.14. The fraction of sp³-hybridized carbons (Fsp3) is 0.167. The van der Waals surface area contributed by atoms with E-state index in [1.807, 2.05) is 12.1 Å². The van der Waals surface area contributed by atoms with Gasteiger partial charge in [0.2, 0.25) is 0 Å². The molecule has 0 bridgehead atoms. The van der Waals surface area contributed by atoms with Crippen molar-refractivity contribution in [1.82, 2.24) is 0 Å². The van der Waals surface area contributed by atoms with E-state index in [1.165, 1.54) is 10.5 Å². The fourth-order valence-corrected chi connectivity index (χ4v) is 3.19. The number of allylic oxidation sites excluding steroid dienone is 1. The van der Waals surface area contributed by atoms with Gasteiger partial charge in [0.1, 0.15) is 5.75 Å². The molecule has 1 aliphatic heterocycles. The normalized spacial score (nSPS) is 13.8. The van der Waals surface area contributed by atoms with Gasteiger partial charge >= 0.3 is 0 Å². The van der Waals surface area contributed by atoms with Gasteiger partial charge in [0.15, 0.2) is 0 Å². The van der Waals surface area contributed by atoms with Crippen LogP contribution in [0, 0.1) is 0 Å². The van der Waals surface area contributed by atoms with Gasteiger partial charge in [-0.3, -0.25) is 4.99 Å². The average Bonchev–Trinajstić information content (AvgIpc) is 2.74. The summed E-state index contributed by atoms with van der Waals surface area (Å²) in [5.74, 6) is 0.863. The third-order valence-electron chi connectivity index (χ3n) is 3.45. The van der Waals surface area contributed by atoms with Crippen LogP contribution >= 0.6 is 11.8 Å². The topological polar surface area (TPSA) is 21.6 Å². The summed E-state index contributed by atoms with van der Waals surface area (Å²) in [5.41, 5.74) is 4.45. The number of hydrogen-bond acceptors (Lipinski definition) is 3. The van der Waals surface area contributed by atoms with E-state index in [0.717, 1.165) is 29.1 Å². The van der Waals surface area contributed by atoms with Gasteiger partial charge in [0.25, 0.3) is 0 Å². The van der Waals surface area contributed by atoms with Crippen LogP contribution in [0.2, 0.25) is 0 Å². The molecule has 0 amide bonds. The van der Waals surface area contributed by atoms with E-state index in [1.54, 1.807) is 18.9 Å². The second-order valence-electron chi connectivity index (χ2n) is 4.77. The second-order valence-corrected chi connectivity index (χ2v) is 5.68. The van der Waals surface area contributed by atoms with Crippen LogP contribution in [0.25, 0.3) is 0 Å². The summed E-state index contributed by atoms with van der Waals surface area (Å²) in [6.07, 6.45) is 0.931. The Balaban J connectivity index is 2.12. The summed E-state index contributed by atoms with van der Waals surface area (Å²) in [5, 5.41) is 2.15. The first-order valence-electron chi connectivity index (χ1n) is 7.00. The number of ether oxygens (including phenoxy) is 1. The molecule has 1 heterocycles. The van der Waals surface area contributed by atoms with Crippen molar-refractivity contribution < 1.29 is 4.74 Å². The van der Waals surface area contributed by atoms with Crippen LogP contribution in [0.5, 0.6) is 5.75 Å². The molecule has 2 aromatic carbocycles. The molecule has 0 saturated heterocycles. The highest BCUT2D eigenvalue weighted by Gasteiger charge is 2.15. The number of hydrogen-bond donors (Lipinski definition) is 0. The van der Waals surface area contributed by atoms with E-state index >= 15 is 0 Å². The molecule has 0 N–H and O–H groups in total. The van der Waals surface area contributed by atoms with Gasteiger partial charge in [0.05, 0.1) is 12.8 Å². The molecule has 0 saturated carbocycles. The molecular formula is C18H17NOS. The van der Waals surface area contributed by atoms with Crippen LogP contribution in [0.15, 0.2) is 69.5 Å². The Kier molecular flexibility index (Phi) is 4.11. The molecule has 0 aromatic heterocycles. The highest BCUT2D eigenvalue weighted by atomic mass is 32.2. The monoisotopic (exact) mass is 295 g/mol. The summed E-state index contributed by atoms with van der Waals surface area (Å²) in [7, 11) is 1.68. The molecule has 0 aliphatic carbocycles. The molecule has 1 aliphatic rings. The van der Waals surface area contributed by atoms with Crippen LogP contribution < -0.4 is 4.74 Å². The molecule has 0 atom stereocenters. The molecule has 0 fully saturated rings. The summed E-state index contributed by atoms with van der Waals surface area (Å²) >= 11 is 1.75. The number of nitrogens with zero attached hydrogens (tertiary/aromatic N) is 1.